The summed E-state index contributed by atoms with van der Waals surface area (Å²) in [6.07, 6.45) is 3.85. The first-order chi connectivity index (χ1) is 8.13. The normalized spacial score (nSPS) is 30.2. The Bertz CT molecular complexity index is 205. The molecule has 102 valence electrons. The third-order valence-electron chi connectivity index (χ3n) is 4.63. The Morgan fingerprint density at radius 2 is 1.76 bits per heavy atom. The fourth-order valence-corrected chi connectivity index (χ4v) is 2.90. The van der Waals surface area contributed by atoms with Crippen molar-refractivity contribution in [3.63, 3.8) is 0 Å². The molecule has 0 saturated carbocycles. The highest BCUT2D eigenvalue weighted by molar-refractivity contribution is 4.90. The Labute approximate surface area is 108 Å². The average Bonchev–Trinajstić information content (AvgIpc) is 2.37. The molecule has 1 aliphatic rings. The summed E-state index contributed by atoms with van der Waals surface area (Å²) in [5, 5.41) is 3.78. The molecule has 17 heavy (non-hydrogen) atoms. The zero-order valence-electron chi connectivity index (χ0n) is 12.5. The van der Waals surface area contributed by atoms with Crippen LogP contribution in [0, 0.1) is 11.8 Å². The third-order valence-corrected chi connectivity index (χ3v) is 4.63. The quantitative estimate of drug-likeness (QED) is 0.767. The van der Waals surface area contributed by atoms with Crippen LogP contribution >= 0.6 is 0 Å². The maximum atomic E-state index is 3.78. The molecule has 4 unspecified atom stereocenters. The van der Waals surface area contributed by atoms with Crippen molar-refractivity contribution in [1.29, 1.82) is 0 Å². The minimum Gasteiger partial charge on any atom is -0.311 e. The van der Waals surface area contributed by atoms with Crippen LogP contribution in [0.25, 0.3) is 0 Å². The Morgan fingerprint density at radius 3 is 2.29 bits per heavy atom. The van der Waals surface area contributed by atoms with Crippen molar-refractivity contribution in [3.8, 4) is 0 Å². The first-order valence-electron chi connectivity index (χ1n) is 7.61. The van der Waals surface area contributed by atoms with Crippen molar-refractivity contribution in [1.82, 2.24) is 10.2 Å². The summed E-state index contributed by atoms with van der Waals surface area (Å²) in [6, 6.07) is 1.45. The summed E-state index contributed by atoms with van der Waals surface area (Å²) < 4.78 is 0. The highest BCUT2D eigenvalue weighted by Gasteiger charge is 2.31. The van der Waals surface area contributed by atoms with E-state index in [1.165, 1.54) is 38.9 Å². The lowest BCUT2D eigenvalue weighted by molar-refractivity contribution is 0.0761. The second-order valence-electron chi connectivity index (χ2n) is 5.85. The Kier molecular flexibility index (Phi) is 6.50. The largest absolute Gasteiger partial charge is 0.311 e. The molecular weight excluding hydrogens is 208 g/mol. The van der Waals surface area contributed by atoms with Crippen molar-refractivity contribution in [3.05, 3.63) is 0 Å². The molecule has 4 atom stereocenters. The monoisotopic (exact) mass is 240 g/mol. The van der Waals surface area contributed by atoms with E-state index in [4.69, 9.17) is 0 Å². The van der Waals surface area contributed by atoms with Gasteiger partial charge in [-0.05, 0) is 24.8 Å². The second kappa shape index (κ2) is 7.38. The summed E-state index contributed by atoms with van der Waals surface area (Å²) in [4.78, 5) is 2.74. The standard InChI is InChI=1S/C15H32N2/c1-6-9-17-11-14(12(4)7-2)16-10-15(17)13(5)8-3/h12-16H,6-11H2,1-5H3. The molecule has 1 heterocycles. The molecule has 1 aliphatic heterocycles. The smallest absolute Gasteiger partial charge is 0.0246 e. The lowest BCUT2D eigenvalue weighted by atomic mass is 9.90. The Hall–Kier alpha value is -0.0800. The van der Waals surface area contributed by atoms with Gasteiger partial charge in [-0.25, -0.2) is 0 Å². The van der Waals surface area contributed by atoms with Gasteiger partial charge in [0.25, 0.3) is 0 Å². The highest BCUT2D eigenvalue weighted by Crippen LogP contribution is 2.21. The maximum absolute atomic E-state index is 3.78. The van der Waals surface area contributed by atoms with Crippen LogP contribution in [-0.2, 0) is 0 Å². The van der Waals surface area contributed by atoms with E-state index in [1.807, 2.05) is 0 Å². The van der Waals surface area contributed by atoms with E-state index >= 15 is 0 Å². The summed E-state index contributed by atoms with van der Waals surface area (Å²) >= 11 is 0. The minimum absolute atomic E-state index is 0.701. The van der Waals surface area contributed by atoms with Crippen molar-refractivity contribution in [2.45, 2.75) is 66.0 Å². The van der Waals surface area contributed by atoms with Crippen LogP contribution < -0.4 is 5.32 Å². The van der Waals surface area contributed by atoms with Gasteiger partial charge in [-0.3, -0.25) is 4.90 Å². The molecule has 0 aromatic heterocycles. The van der Waals surface area contributed by atoms with Gasteiger partial charge in [-0.1, -0.05) is 47.5 Å². The topological polar surface area (TPSA) is 15.3 Å². The number of piperazine rings is 1. The predicted octanol–water partition coefficient (Wildman–Crippen LogP) is 3.13. The van der Waals surface area contributed by atoms with Crippen LogP contribution in [-0.4, -0.2) is 36.6 Å². The third kappa shape index (κ3) is 3.96. The van der Waals surface area contributed by atoms with Crippen LogP contribution in [0.5, 0.6) is 0 Å². The van der Waals surface area contributed by atoms with Crippen LogP contribution in [0.3, 0.4) is 0 Å². The highest BCUT2D eigenvalue weighted by atomic mass is 15.2. The van der Waals surface area contributed by atoms with E-state index < -0.39 is 0 Å². The van der Waals surface area contributed by atoms with Crippen molar-refractivity contribution in [2.24, 2.45) is 11.8 Å². The molecule has 0 aromatic carbocycles. The van der Waals surface area contributed by atoms with Crippen LogP contribution in [0.2, 0.25) is 0 Å². The van der Waals surface area contributed by atoms with E-state index in [2.05, 4.69) is 44.8 Å². The fourth-order valence-electron chi connectivity index (χ4n) is 2.90. The lowest BCUT2D eigenvalue weighted by Gasteiger charge is -2.44. The van der Waals surface area contributed by atoms with Gasteiger partial charge < -0.3 is 5.32 Å². The van der Waals surface area contributed by atoms with E-state index in [-0.39, 0.29) is 0 Å². The van der Waals surface area contributed by atoms with Crippen molar-refractivity contribution >= 4 is 0 Å². The fraction of sp³-hybridized carbons (Fsp3) is 1.00. The van der Waals surface area contributed by atoms with Crippen molar-refractivity contribution in [2.75, 3.05) is 19.6 Å². The molecule has 0 spiro atoms. The van der Waals surface area contributed by atoms with E-state index in [1.54, 1.807) is 0 Å². The van der Waals surface area contributed by atoms with Crippen LogP contribution in [0.4, 0.5) is 0 Å². The van der Waals surface area contributed by atoms with Crippen LogP contribution in [0.1, 0.15) is 53.9 Å². The molecule has 1 fully saturated rings. The zero-order valence-corrected chi connectivity index (χ0v) is 12.5. The van der Waals surface area contributed by atoms with Crippen LogP contribution in [0.15, 0.2) is 0 Å². The molecule has 0 aromatic rings. The number of rotatable bonds is 6. The lowest BCUT2D eigenvalue weighted by Crippen LogP contribution is -2.60. The number of nitrogens with zero attached hydrogens (tertiary/aromatic N) is 1. The number of hydrogen-bond acceptors (Lipinski definition) is 2. The molecule has 0 radical (unpaired) electrons. The Balaban J connectivity index is 2.60. The van der Waals surface area contributed by atoms with Crippen molar-refractivity contribution < 1.29 is 0 Å². The molecule has 1 rings (SSSR count). The summed E-state index contributed by atoms with van der Waals surface area (Å²) in [5.74, 6) is 1.61. The SMILES string of the molecule is CCCN1CC(C(C)CC)NCC1C(C)CC. The van der Waals surface area contributed by atoms with E-state index in [0.29, 0.717) is 6.04 Å². The average molecular weight is 240 g/mol. The van der Waals surface area contributed by atoms with Gasteiger partial charge in [-0.2, -0.15) is 0 Å². The molecule has 2 heteroatoms. The first kappa shape index (κ1) is 15.0. The van der Waals surface area contributed by atoms with Gasteiger partial charge in [0.2, 0.25) is 0 Å². The molecule has 1 saturated heterocycles. The summed E-state index contributed by atoms with van der Waals surface area (Å²) in [6.45, 7) is 15.4. The number of hydrogen-bond donors (Lipinski definition) is 1. The second-order valence-corrected chi connectivity index (χ2v) is 5.85. The molecule has 0 amide bonds. The maximum Gasteiger partial charge on any atom is 0.0246 e. The molecule has 1 N–H and O–H groups in total. The van der Waals surface area contributed by atoms with Gasteiger partial charge in [0, 0.05) is 25.2 Å². The minimum atomic E-state index is 0.701. The molecule has 0 aliphatic carbocycles. The van der Waals surface area contributed by atoms with Gasteiger partial charge in [-0.15, -0.1) is 0 Å². The van der Waals surface area contributed by atoms with Gasteiger partial charge in [0.1, 0.15) is 0 Å². The van der Waals surface area contributed by atoms with Gasteiger partial charge in [0.05, 0.1) is 0 Å². The van der Waals surface area contributed by atoms with E-state index in [0.717, 1.165) is 17.9 Å². The molecular formula is C15H32N2. The summed E-state index contributed by atoms with van der Waals surface area (Å²) in [5.41, 5.74) is 0. The summed E-state index contributed by atoms with van der Waals surface area (Å²) in [7, 11) is 0. The van der Waals surface area contributed by atoms with E-state index in [9.17, 15) is 0 Å². The van der Waals surface area contributed by atoms with Gasteiger partial charge in [0.15, 0.2) is 0 Å². The predicted molar refractivity (Wildman–Crippen MR) is 76.4 cm³/mol. The molecule has 0 bridgehead atoms. The molecule has 2 nitrogen and oxygen atoms in total. The number of nitrogens with one attached hydrogen (secondary N) is 1. The van der Waals surface area contributed by atoms with Gasteiger partial charge >= 0.3 is 0 Å². The first-order valence-corrected chi connectivity index (χ1v) is 7.61. The zero-order chi connectivity index (χ0) is 12.8. The Morgan fingerprint density at radius 1 is 1.12 bits per heavy atom.